The van der Waals surface area contributed by atoms with Crippen molar-refractivity contribution in [3.8, 4) is 5.75 Å². The molecule has 256 valence electrons. The second-order valence-corrected chi connectivity index (χ2v) is 14.0. The number of likely N-dealkylation sites (N-methyl/N-ethyl adjacent to an activating group) is 1. The maximum absolute atomic E-state index is 13.3. The quantitative estimate of drug-likeness (QED) is 0.287. The van der Waals surface area contributed by atoms with E-state index >= 15 is 0 Å². The Morgan fingerprint density at radius 2 is 1.83 bits per heavy atom. The number of ether oxygens (including phenoxy) is 1. The first kappa shape index (κ1) is 34.2. The van der Waals surface area contributed by atoms with Crippen molar-refractivity contribution in [2.24, 2.45) is 5.41 Å². The van der Waals surface area contributed by atoms with Gasteiger partial charge in [0.1, 0.15) is 17.5 Å². The first-order valence-corrected chi connectivity index (χ1v) is 16.8. The van der Waals surface area contributed by atoms with Gasteiger partial charge in [0.05, 0.1) is 19.0 Å². The van der Waals surface area contributed by atoms with Crippen molar-refractivity contribution in [2.45, 2.75) is 96.8 Å². The maximum atomic E-state index is 13.3. The molecule has 3 heterocycles. The number of benzene rings is 1. The van der Waals surface area contributed by atoms with Crippen LogP contribution in [0.5, 0.6) is 5.75 Å². The van der Waals surface area contributed by atoms with Gasteiger partial charge in [0.2, 0.25) is 11.9 Å². The van der Waals surface area contributed by atoms with Crippen LogP contribution in [0.4, 0.5) is 27.9 Å². The average molecular weight is 651 g/mol. The number of carboxylic acid groups (broad SMARTS) is 1. The lowest BCUT2D eigenvalue weighted by atomic mass is 9.86. The smallest absolute Gasteiger partial charge is 0.404 e. The van der Waals surface area contributed by atoms with E-state index in [-0.39, 0.29) is 41.4 Å². The minimum atomic E-state index is -1.01. The minimum Gasteiger partial charge on any atom is -0.495 e. The van der Waals surface area contributed by atoms with Crippen LogP contribution in [0.2, 0.25) is 0 Å². The number of anilines is 4. The van der Waals surface area contributed by atoms with Gasteiger partial charge in [-0.05, 0) is 55.7 Å². The largest absolute Gasteiger partial charge is 0.495 e. The zero-order valence-corrected chi connectivity index (χ0v) is 28.5. The molecule has 2 fully saturated rings. The zero-order chi connectivity index (χ0) is 33.9. The van der Waals surface area contributed by atoms with Gasteiger partial charge in [0.15, 0.2) is 5.82 Å². The fourth-order valence-electron chi connectivity index (χ4n) is 6.97. The highest BCUT2D eigenvalue weighted by molar-refractivity contribution is 6.04. The second-order valence-electron chi connectivity index (χ2n) is 14.0. The molecule has 1 aliphatic carbocycles. The summed E-state index contributed by atoms with van der Waals surface area (Å²) in [6.07, 6.45) is 7.31. The summed E-state index contributed by atoms with van der Waals surface area (Å²) in [5.41, 5.74) is 1.60. The summed E-state index contributed by atoms with van der Waals surface area (Å²) in [5.74, 6) is 1.53. The van der Waals surface area contributed by atoms with Gasteiger partial charge >= 0.3 is 6.09 Å². The number of nitrogens with zero attached hydrogens (tertiary/aromatic N) is 5. The van der Waals surface area contributed by atoms with Crippen molar-refractivity contribution in [1.29, 1.82) is 0 Å². The van der Waals surface area contributed by atoms with Crippen LogP contribution in [-0.4, -0.2) is 95.8 Å². The number of methoxy groups -OCH3 is 1. The molecule has 13 nitrogen and oxygen atoms in total. The van der Waals surface area contributed by atoms with E-state index in [2.05, 4.69) is 30.7 Å². The van der Waals surface area contributed by atoms with Crippen molar-refractivity contribution in [3.05, 3.63) is 30.0 Å². The highest BCUT2D eigenvalue weighted by atomic mass is 16.5. The van der Waals surface area contributed by atoms with Gasteiger partial charge in [-0.3, -0.25) is 9.59 Å². The zero-order valence-electron chi connectivity index (χ0n) is 28.5. The average Bonchev–Trinajstić information content (AvgIpc) is 3.57. The number of aromatic nitrogens is 2. The lowest BCUT2D eigenvalue weighted by Crippen LogP contribution is -2.55. The summed E-state index contributed by atoms with van der Waals surface area (Å²) in [6, 6.07) is 5.10. The lowest BCUT2D eigenvalue weighted by Gasteiger charge is -2.43. The van der Waals surface area contributed by atoms with Gasteiger partial charge in [-0.2, -0.15) is 4.98 Å². The van der Waals surface area contributed by atoms with Crippen LogP contribution in [0.25, 0.3) is 0 Å². The van der Waals surface area contributed by atoms with Crippen LogP contribution in [0.3, 0.4) is 0 Å². The van der Waals surface area contributed by atoms with Crippen molar-refractivity contribution in [2.75, 3.05) is 48.9 Å². The third kappa shape index (κ3) is 7.72. The molecule has 1 saturated heterocycles. The number of piperidine rings is 1. The second kappa shape index (κ2) is 14.3. The molecule has 13 heteroatoms. The Morgan fingerprint density at radius 3 is 2.45 bits per heavy atom. The predicted octanol–water partition coefficient (Wildman–Crippen LogP) is 4.61. The molecule has 47 heavy (non-hydrogen) atoms. The summed E-state index contributed by atoms with van der Waals surface area (Å²) in [4.78, 5) is 53.4. The van der Waals surface area contributed by atoms with E-state index in [1.165, 1.54) is 0 Å². The van der Waals surface area contributed by atoms with E-state index in [9.17, 15) is 19.5 Å². The van der Waals surface area contributed by atoms with E-state index in [0.29, 0.717) is 41.6 Å². The summed E-state index contributed by atoms with van der Waals surface area (Å²) in [6.45, 7) is 10.3. The molecule has 1 saturated carbocycles. The van der Waals surface area contributed by atoms with Crippen molar-refractivity contribution in [3.63, 3.8) is 0 Å². The molecule has 3 amide bonds. The standard InChI is InChI=1S/C34H50N8O5/c1-7-25-31(44)40(5)26-19-35-32(39-29(26)42(25)23-10-8-9-11-23)37-24-13-12-21(18-27(24)47-6)30(43)36-22-14-16-41(17-15-22)20-28(34(2,3)4)38-33(45)46/h12-13,18-19,22-23,25,28,38H,7-11,14-17,20H2,1-6H3,(H,36,43)(H,45,46)(H,35,37,39)/t25-,28?/m1/s1. The Labute approximate surface area is 277 Å². The molecule has 0 radical (unpaired) electrons. The molecule has 5 rings (SSSR count). The molecule has 2 aromatic rings. The fraction of sp³-hybridized carbons (Fsp3) is 0.618. The molecular formula is C34H50N8O5. The number of amides is 3. The molecule has 2 aliphatic heterocycles. The van der Waals surface area contributed by atoms with E-state index in [1.54, 1.807) is 43.5 Å². The molecule has 1 unspecified atom stereocenters. The van der Waals surface area contributed by atoms with Gasteiger partial charge in [0.25, 0.3) is 5.91 Å². The summed E-state index contributed by atoms with van der Waals surface area (Å²) in [7, 11) is 3.34. The first-order chi connectivity index (χ1) is 22.4. The van der Waals surface area contributed by atoms with E-state index in [4.69, 9.17) is 9.72 Å². The Bertz CT molecular complexity index is 1450. The molecule has 1 aromatic heterocycles. The summed E-state index contributed by atoms with van der Waals surface area (Å²) < 4.78 is 5.67. The van der Waals surface area contributed by atoms with Gasteiger partial charge in [0, 0.05) is 50.4 Å². The first-order valence-electron chi connectivity index (χ1n) is 16.8. The van der Waals surface area contributed by atoms with Gasteiger partial charge < -0.3 is 40.5 Å². The monoisotopic (exact) mass is 650 g/mol. The SMILES string of the molecule is CC[C@@H]1C(=O)N(C)c2cnc(Nc3ccc(C(=O)NC4CCN(CC(NC(=O)O)C(C)(C)C)CC4)cc3OC)nc2N1C1CCCC1. The van der Waals surface area contributed by atoms with E-state index in [0.717, 1.165) is 57.4 Å². The van der Waals surface area contributed by atoms with Gasteiger partial charge in [-0.15, -0.1) is 0 Å². The van der Waals surface area contributed by atoms with Crippen molar-refractivity contribution >= 4 is 41.0 Å². The fourth-order valence-corrected chi connectivity index (χ4v) is 6.97. The lowest BCUT2D eigenvalue weighted by molar-refractivity contribution is -0.120. The Kier molecular flexibility index (Phi) is 10.4. The number of carbonyl (C=O) groups excluding carboxylic acids is 2. The van der Waals surface area contributed by atoms with Crippen LogP contribution in [0, 0.1) is 5.41 Å². The van der Waals surface area contributed by atoms with E-state index in [1.807, 2.05) is 27.7 Å². The number of carbonyl (C=O) groups is 3. The van der Waals surface area contributed by atoms with Crippen molar-refractivity contribution in [1.82, 2.24) is 25.5 Å². The van der Waals surface area contributed by atoms with Gasteiger partial charge in [-0.1, -0.05) is 40.5 Å². The summed E-state index contributed by atoms with van der Waals surface area (Å²) in [5, 5.41) is 18.4. The van der Waals surface area contributed by atoms with E-state index < -0.39 is 6.09 Å². The molecule has 0 bridgehead atoms. The van der Waals surface area contributed by atoms with Crippen LogP contribution in [0.15, 0.2) is 24.4 Å². The molecule has 2 atom stereocenters. The van der Waals surface area contributed by atoms with Crippen LogP contribution >= 0.6 is 0 Å². The maximum Gasteiger partial charge on any atom is 0.404 e. The summed E-state index contributed by atoms with van der Waals surface area (Å²) >= 11 is 0. The Morgan fingerprint density at radius 1 is 1.13 bits per heavy atom. The number of hydrogen-bond acceptors (Lipinski definition) is 9. The number of hydrogen-bond donors (Lipinski definition) is 4. The van der Waals surface area contributed by atoms with Crippen LogP contribution < -0.4 is 30.5 Å². The predicted molar refractivity (Wildman–Crippen MR) is 182 cm³/mol. The van der Waals surface area contributed by atoms with Crippen LogP contribution in [0.1, 0.15) is 83.0 Å². The molecule has 1 aromatic carbocycles. The number of nitrogens with one attached hydrogen (secondary N) is 3. The molecular weight excluding hydrogens is 600 g/mol. The van der Waals surface area contributed by atoms with Gasteiger partial charge in [-0.25, -0.2) is 9.78 Å². The Balaban J connectivity index is 1.24. The highest BCUT2D eigenvalue weighted by Crippen LogP contribution is 2.40. The number of likely N-dealkylation sites (tertiary alicyclic amines) is 1. The Hall–Kier alpha value is -4.13. The third-order valence-corrected chi connectivity index (χ3v) is 9.83. The minimum absolute atomic E-state index is 0.0201. The molecule has 4 N–H and O–H groups in total. The topological polar surface area (TPSA) is 152 Å². The van der Waals surface area contributed by atoms with Crippen molar-refractivity contribution < 1.29 is 24.2 Å². The molecule has 0 spiro atoms. The number of fused-ring (bicyclic) bond motifs is 1. The third-order valence-electron chi connectivity index (χ3n) is 9.83. The van der Waals surface area contributed by atoms with Crippen LogP contribution in [-0.2, 0) is 4.79 Å². The molecule has 3 aliphatic rings. The number of rotatable bonds is 10. The normalized spacial score (nSPS) is 20.1. The highest BCUT2D eigenvalue weighted by Gasteiger charge is 2.41.